The predicted octanol–water partition coefficient (Wildman–Crippen LogP) is 2.12. The van der Waals surface area contributed by atoms with Crippen molar-refractivity contribution >= 4 is 17.7 Å². The van der Waals surface area contributed by atoms with Crippen LogP contribution in [-0.4, -0.2) is 23.7 Å². The van der Waals surface area contributed by atoms with E-state index >= 15 is 0 Å². The maximum atomic E-state index is 13.4. The van der Waals surface area contributed by atoms with Gasteiger partial charge in [0, 0.05) is 13.0 Å². The Morgan fingerprint density at radius 1 is 1.39 bits per heavy atom. The first-order valence-electron chi connectivity index (χ1n) is 5.52. The highest BCUT2D eigenvalue weighted by Crippen LogP contribution is 2.18. The van der Waals surface area contributed by atoms with Gasteiger partial charge in [-0.25, -0.2) is 9.18 Å². The minimum absolute atomic E-state index is 0.0149. The molecule has 1 aromatic rings. The molecule has 1 aromatic carbocycles. The van der Waals surface area contributed by atoms with Crippen LogP contribution in [0.3, 0.4) is 0 Å². The zero-order chi connectivity index (χ0) is 13.5. The fourth-order valence-electron chi connectivity index (χ4n) is 1.39. The number of amides is 2. The van der Waals surface area contributed by atoms with E-state index in [0.717, 1.165) is 0 Å². The van der Waals surface area contributed by atoms with E-state index in [0.29, 0.717) is 12.0 Å². The molecule has 3 N–H and O–H groups in total. The molecule has 0 spiro atoms. The SMILES string of the molecule is Cc1cccc(F)c1NC(=O)NCCCC(=O)O. The van der Waals surface area contributed by atoms with Crippen LogP contribution < -0.4 is 10.6 Å². The van der Waals surface area contributed by atoms with Crippen LogP contribution in [0.5, 0.6) is 0 Å². The zero-order valence-corrected chi connectivity index (χ0v) is 10.00. The summed E-state index contributed by atoms with van der Waals surface area (Å²) >= 11 is 0. The number of hydrogen-bond acceptors (Lipinski definition) is 2. The van der Waals surface area contributed by atoms with Crippen molar-refractivity contribution in [1.29, 1.82) is 0 Å². The Kier molecular flexibility index (Phi) is 5.10. The van der Waals surface area contributed by atoms with E-state index in [4.69, 9.17) is 5.11 Å². The summed E-state index contributed by atoms with van der Waals surface area (Å²) < 4.78 is 13.4. The van der Waals surface area contributed by atoms with Gasteiger partial charge in [-0.1, -0.05) is 12.1 Å². The second kappa shape index (κ2) is 6.58. The second-order valence-electron chi connectivity index (χ2n) is 3.81. The molecular weight excluding hydrogens is 239 g/mol. The number of carbonyl (C=O) groups is 2. The minimum atomic E-state index is -0.915. The molecule has 0 aromatic heterocycles. The summed E-state index contributed by atoms with van der Waals surface area (Å²) in [6.07, 6.45) is 0.317. The van der Waals surface area contributed by atoms with Crippen LogP contribution in [0.25, 0.3) is 0 Å². The molecule has 0 heterocycles. The standard InChI is InChI=1S/C12H15FN2O3/c1-8-4-2-5-9(13)11(8)15-12(18)14-7-3-6-10(16)17/h2,4-5H,3,6-7H2,1H3,(H,16,17)(H2,14,15,18). The molecule has 0 radical (unpaired) electrons. The zero-order valence-electron chi connectivity index (χ0n) is 10.00. The number of carboxylic acids is 1. The predicted molar refractivity (Wildman–Crippen MR) is 65.0 cm³/mol. The summed E-state index contributed by atoms with van der Waals surface area (Å²) in [5, 5.41) is 13.3. The lowest BCUT2D eigenvalue weighted by Gasteiger charge is -2.10. The smallest absolute Gasteiger partial charge is 0.319 e. The fourth-order valence-corrected chi connectivity index (χ4v) is 1.39. The van der Waals surface area contributed by atoms with Crippen LogP contribution in [-0.2, 0) is 4.79 Å². The molecule has 0 fully saturated rings. The number of para-hydroxylation sites is 1. The molecule has 98 valence electrons. The molecule has 0 aliphatic rings. The van der Waals surface area contributed by atoms with Gasteiger partial charge in [-0.15, -0.1) is 0 Å². The minimum Gasteiger partial charge on any atom is -0.481 e. The summed E-state index contributed by atoms with van der Waals surface area (Å²) in [7, 11) is 0. The number of benzene rings is 1. The van der Waals surface area contributed by atoms with Crippen molar-refractivity contribution in [3.63, 3.8) is 0 Å². The van der Waals surface area contributed by atoms with Crippen molar-refractivity contribution in [3.8, 4) is 0 Å². The Hall–Kier alpha value is -2.11. The number of carboxylic acid groups (broad SMARTS) is 1. The highest BCUT2D eigenvalue weighted by Gasteiger charge is 2.08. The van der Waals surface area contributed by atoms with Crippen LogP contribution in [0.2, 0.25) is 0 Å². The quantitative estimate of drug-likeness (QED) is 0.704. The molecule has 6 heteroatoms. The summed E-state index contributed by atoms with van der Waals surface area (Å²) in [4.78, 5) is 21.7. The first-order valence-corrected chi connectivity index (χ1v) is 5.52. The number of carbonyl (C=O) groups excluding carboxylic acids is 1. The number of anilines is 1. The summed E-state index contributed by atoms with van der Waals surface area (Å²) in [6.45, 7) is 1.91. The third kappa shape index (κ3) is 4.40. The maximum Gasteiger partial charge on any atom is 0.319 e. The van der Waals surface area contributed by atoms with Crippen LogP contribution in [0, 0.1) is 12.7 Å². The van der Waals surface area contributed by atoms with Crippen molar-refractivity contribution in [1.82, 2.24) is 5.32 Å². The largest absolute Gasteiger partial charge is 0.481 e. The number of nitrogens with one attached hydrogen (secondary N) is 2. The molecule has 0 saturated carbocycles. The van der Waals surface area contributed by atoms with Crippen molar-refractivity contribution in [2.75, 3.05) is 11.9 Å². The van der Waals surface area contributed by atoms with E-state index in [9.17, 15) is 14.0 Å². The number of aryl methyl sites for hydroxylation is 1. The molecule has 0 unspecified atom stereocenters. The molecule has 18 heavy (non-hydrogen) atoms. The normalized spacial score (nSPS) is 9.89. The lowest BCUT2D eigenvalue weighted by atomic mass is 10.2. The summed E-state index contributed by atoms with van der Waals surface area (Å²) in [5.41, 5.74) is 0.754. The average Bonchev–Trinajstić information content (AvgIpc) is 2.29. The van der Waals surface area contributed by atoms with E-state index in [1.165, 1.54) is 6.07 Å². The topological polar surface area (TPSA) is 78.4 Å². The number of halogens is 1. The first-order chi connectivity index (χ1) is 8.50. The lowest BCUT2D eigenvalue weighted by Crippen LogP contribution is -2.30. The van der Waals surface area contributed by atoms with Gasteiger partial charge in [0.05, 0.1) is 5.69 Å². The highest BCUT2D eigenvalue weighted by atomic mass is 19.1. The van der Waals surface area contributed by atoms with E-state index in [1.807, 2.05) is 0 Å². The Balaban J connectivity index is 2.43. The van der Waals surface area contributed by atoms with Gasteiger partial charge in [-0.2, -0.15) is 0 Å². The number of rotatable bonds is 5. The lowest BCUT2D eigenvalue weighted by molar-refractivity contribution is -0.137. The third-order valence-corrected chi connectivity index (χ3v) is 2.31. The van der Waals surface area contributed by atoms with Gasteiger partial charge in [0.1, 0.15) is 5.82 Å². The molecule has 0 bridgehead atoms. The van der Waals surface area contributed by atoms with Gasteiger partial charge >= 0.3 is 12.0 Å². The van der Waals surface area contributed by atoms with Crippen molar-refractivity contribution in [2.45, 2.75) is 19.8 Å². The Bertz CT molecular complexity index is 429. The molecular formula is C12H15FN2O3. The molecule has 5 nitrogen and oxygen atoms in total. The fraction of sp³-hybridized carbons (Fsp3) is 0.333. The maximum absolute atomic E-state index is 13.4. The van der Waals surface area contributed by atoms with Gasteiger partial charge < -0.3 is 15.7 Å². The van der Waals surface area contributed by atoms with Crippen LogP contribution in [0.4, 0.5) is 14.9 Å². The Labute approximate surface area is 104 Å². The molecule has 0 aliphatic carbocycles. The molecule has 0 saturated heterocycles. The van der Waals surface area contributed by atoms with Crippen LogP contribution in [0.15, 0.2) is 18.2 Å². The summed E-state index contributed by atoms with van der Waals surface area (Å²) in [5.74, 6) is -1.42. The molecule has 2 amide bonds. The van der Waals surface area contributed by atoms with E-state index in [1.54, 1.807) is 19.1 Å². The number of urea groups is 1. The molecule has 0 aliphatic heterocycles. The van der Waals surface area contributed by atoms with Crippen LogP contribution in [0.1, 0.15) is 18.4 Å². The van der Waals surface area contributed by atoms with Crippen molar-refractivity contribution in [2.24, 2.45) is 0 Å². The van der Waals surface area contributed by atoms with Gasteiger partial charge in [0.2, 0.25) is 0 Å². The molecule has 0 atom stereocenters. The van der Waals surface area contributed by atoms with Gasteiger partial charge in [-0.05, 0) is 25.0 Å². The number of aliphatic carboxylic acids is 1. The van der Waals surface area contributed by atoms with Gasteiger partial charge in [0.25, 0.3) is 0 Å². The van der Waals surface area contributed by atoms with E-state index in [-0.39, 0.29) is 18.7 Å². The summed E-state index contributed by atoms with van der Waals surface area (Å²) in [6, 6.07) is 3.95. The third-order valence-electron chi connectivity index (χ3n) is 2.31. The van der Waals surface area contributed by atoms with E-state index < -0.39 is 17.8 Å². The Morgan fingerprint density at radius 3 is 2.72 bits per heavy atom. The van der Waals surface area contributed by atoms with Crippen LogP contribution >= 0.6 is 0 Å². The van der Waals surface area contributed by atoms with E-state index in [2.05, 4.69) is 10.6 Å². The van der Waals surface area contributed by atoms with Crippen molar-refractivity contribution in [3.05, 3.63) is 29.6 Å². The highest BCUT2D eigenvalue weighted by molar-refractivity contribution is 5.90. The van der Waals surface area contributed by atoms with Gasteiger partial charge in [0.15, 0.2) is 0 Å². The first kappa shape index (κ1) is 14.0. The second-order valence-corrected chi connectivity index (χ2v) is 3.81. The molecule has 1 rings (SSSR count). The average molecular weight is 254 g/mol. The van der Waals surface area contributed by atoms with Gasteiger partial charge in [-0.3, -0.25) is 4.79 Å². The Morgan fingerprint density at radius 2 is 2.11 bits per heavy atom. The number of hydrogen-bond donors (Lipinski definition) is 3. The monoisotopic (exact) mass is 254 g/mol. The van der Waals surface area contributed by atoms with Crippen molar-refractivity contribution < 1.29 is 19.1 Å².